The average Bonchev–Trinajstić information content (AvgIpc) is 2.75. The number of aromatic nitrogens is 4. The Hall–Kier alpha value is -1.51. The van der Waals surface area contributed by atoms with Crippen molar-refractivity contribution in [2.45, 2.75) is 45.4 Å². The van der Waals surface area contributed by atoms with Crippen molar-refractivity contribution in [1.82, 2.24) is 20.2 Å². The molecule has 0 aromatic carbocycles. The number of carbonyl (C=O) groups is 1. The van der Waals surface area contributed by atoms with Crippen molar-refractivity contribution in [3.05, 3.63) is 5.82 Å². The van der Waals surface area contributed by atoms with Crippen LogP contribution in [0.25, 0.3) is 0 Å². The molecule has 0 spiro atoms. The van der Waals surface area contributed by atoms with Gasteiger partial charge in [0.2, 0.25) is 0 Å². The van der Waals surface area contributed by atoms with Crippen molar-refractivity contribution in [2.75, 3.05) is 6.26 Å². The topological polar surface area (TPSA) is 115 Å². The normalized spacial score (nSPS) is 15.8. The zero-order valence-corrected chi connectivity index (χ0v) is 13.1. The second-order valence-electron chi connectivity index (χ2n) is 5.66. The SMILES string of the molecule is CCC(C)(Cn1nnnc1C(C)(C)S(C)(=O)=O)C(=O)O. The van der Waals surface area contributed by atoms with Gasteiger partial charge in [-0.2, -0.15) is 0 Å². The third kappa shape index (κ3) is 2.82. The number of nitrogens with zero attached hydrogens (tertiary/aromatic N) is 4. The van der Waals surface area contributed by atoms with Gasteiger partial charge in [-0.25, -0.2) is 13.1 Å². The number of rotatable bonds is 6. The summed E-state index contributed by atoms with van der Waals surface area (Å²) in [5.41, 5.74) is -1.06. The second-order valence-corrected chi connectivity index (χ2v) is 8.23. The molecule has 1 aromatic rings. The van der Waals surface area contributed by atoms with Crippen LogP contribution in [0.3, 0.4) is 0 Å². The van der Waals surface area contributed by atoms with E-state index in [9.17, 15) is 18.3 Å². The highest BCUT2D eigenvalue weighted by Gasteiger charge is 2.40. The highest BCUT2D eigenvalue weighted by molar-refractivity contribution is 7.91. The molecule has 1 unspecified atom stereocenters. The van der Waals surface area contributed by atoms with Gasteiger partial charge in [-0.3, -0.25) is 4.79 Å². The fourth-order valence-electron chi connectivity index (χ4n) is 1.57. The van der Waals surface area contributed by atoms with Crippen LogP contribution in [-0.2, 0) is 25.9 Å². The van der Waals surface area contributed by atoms with Crippen LogP contribution in [0.4, 0.5) is 0 Å². The number of carboxylic acids is 1. The molecule has 8 nitrogen and oxygen atoms in total. The predicted molar refractivity (Wildman–Crippen MR) is 71.7 cm³/mol. The maximum absolute atomic E-state index is 11.8. The van der Waals surface area contributed by atoms with Gasteiger partial charge in [-0.15, -0.1) is 5.10 Å². The Morgan fingerprint density at radius 3 is 2.30 bits per heavy atom. The van der Waals surface area contributed by atoms with Crippen LogP contribution in [0.15, 0.2) is 0 Å². The number of carboxylic acid groups (broad SMARTS) is 1. The summed E-state index contributed by atoms with van der Waals surface area (Å²) in [6, 6.07) is 0. The van der Waals surface area contributed by atoms with E-state index < -0.39 is 26.0 Å². The molecule has 0 radical (unpaired) electrons. The molecule has 0 aliphatic heterocycles. The molecular weight excluding hydrogens is 284 g/mol. The summed E-state index contributed by atoms with van der Waals surface area (Å²) in [5, 5.41) is 20.3. The second kappa shape index (κ2) is 5.12. The van der Waals surface area contributed by atoms with Crippen LogP contribution in [0.5, 0.6) is 0 Å². The molecule has 1 N–H and O–H groups in total. The predicted octanol–water partition coefficient (Wildman–Crippen LogP) is 0.454. The number of tetrazole rings is 1. The lowest BCUT2D eigenvalue weighted by atomic mass is 9.87. The summed E-state index contributed by atoms with van der Waals surface area (Å²) in [6.45, 7) is 6.33. The Bertz CT molecular complexity index is 608. The molecule has 1 atom stereocenters. The first-order valence-corrected chi connectivity index (χ1v) is 8.04. The minimum absolute atomic E-state index is 0.0140. The zero-order chi connectivity index (χ0) is 15.8. The molecule has 0 amide bonds. The molecule has 0 saturated carbocycles. The minimum Gasteiger partial charge on any atom is -0.481 e. The van der Waals surface area contributed by atoms with Crippen LogP contribution in [0.2, 0.25) is 0 Å². The van der Waals surface area contributed by atoms with Gasteiger partial charge in [-0.1, -0.05) is 6.92 Å². The molecule has 0 aliphatic rings. The summed E-state index contributed by atoms with van der Waals surface area (Å²) < 4.78 is 23.7. The summed E-state index contributed by atoms with van der Waals surface area (Å²) in [7, 11) is -3.44. The van der Waals surface area contributed by atoms with Crippen LogP contribution >= 0.6 is 0 Å². The quantitative estimate of drug-likeness (QED) is 0.811. The molecule has 114 valence electrons. The van der Waals surface area contributed by atoms with E-state index in [0.29, 0.717) is 6.42 Å². The zero-order valence-electron chi connectivity index (χ0n) is 12.3. The van der Waals surface area contributed by atoms with Gasteiger partial charge < -0.3 is 5.11 Å². The Morgan fingerprint density at radius 1 is 1.35 bits per heavy atom. The van der Waals surface area contributed by atoms with Crippen molar-refractivity contribution in [3.63, 3.8) is 0 Å². The van der Waals surface area contributed by atoms with Gasteiger partial charge >= 0.3 is 5.97 Å². The third-order valence-electron chi connectivity index (χ3n) is 3.79. The lowest BCUT2D eigenvalue weighted by Gasteiger charge is -2.26. The maximum atomic E-state index is 11.8. The van der Waals surface area contributed by atoms with Gasteiger partial charge in [0.1, 0.15) is 4.75 Å². The number of hydrogen-bond donors (Lipinski definition) is 1. The molecule has 0 saturated heterocycles. The third-order valence-corrected chi connectivity index (χ3v) is 5.83. The van der Waals surface area contributed by atoms with E-state index in [1.54, 1.807) is 13.8 Å². The van der Waals surface area contributed by atoms with E-state index >= 15 is 0 Å². The summed E-state index contributed by atoms with van der Waals surface area (Å²) in [4.78, 5) is 11.3. The van der Waals surface area contributed by atoms with Gasteiger partial charge in [-0.05, 0) is 37.6 Å². The monoisotopic (exact) mass is 304 g/mol. The van der Waals surface area contributed by atoms with Crippen molar-refractivity contribution >= 4 is 15.8 Å². The smallest absolute Gasteiger partial charge is 0.311 e. The van der Waals surface area contributed by atoms with Crippen molar-refractivity contribution in [3.8, 4) is 0 Å². The van der Waals surface area contributed by atoms with E-state index in [1.165, 1.54) is 18.5 Å². The van der Waals surface area contributed by atoms with E-state index in [-0.39, 0.29) is 12.4 Å². The van der Waals surface area contributed by atoms with Crippen LogP contribution < -0.4 is 0 Å². The largest absolute Gasteiger partial charge is 0.481 e. The number of sulfone groups is 1. The highest BCUT2D eigenvalue weighted by atomic mass is 32.2. The van der Waals surface area contributed by atoms with Crippen molar-refractivity contribution in [1.29, 1.82) is 0 Å². The first-order chi connectivity index (χ1) is 8.95. The molecule has 0 bridgehead atoms. The molecule has 0 fully saturated rings. The molecular formula is C11H20N4O4S. The fraction of sp³-hybridized carbons (Fsp3) is 0.818. The van der Waals surface area contributed by atoms with E-state index in [0.717, 1.165) is 6.26 Å². The fourth-order valence-corrected chi connectivity index (χ4v) is 2.05. The van der Waals surface area contributed by atoms with E-state index in [4.69, 9.17) is 0 Å². The van der Waals surface area contributed by atoms with Gasteiger partial charge in [0.05, 0.1) is 12.0 Å². The molecule has 9 heteroatoms. The lowest BCUT2D eigenvalue weighted by molar-refractivity contribution is -0.149. The Balaban J connectivity index is 3.27. The first-order valence-electron chi connectivity index (χ1n) is 6.15. The average molecular weight is 304 g/mol. The lowest BCUT2D eigenvalue weighted by Crippen LogP contribution is -2.37. The number of aliphatic carboxylic acids is 1. The van der Waals surface area contributed by atoms with Crippen LogP contribution in [0.1, 0.15) is 39.9 Å². The van der Waals surface area contributed by atoms with Crippen LogP contribution in [-0.4, -0.2) is 46.0 Å². The van der Waals surface area contributed by atoms with E-state index in [1.807, 2.05) is 0 Å². The summed E-state index contributed by atoms with van der Waals surface area (Å²) in [5.74, 6) is -0.834. The highest BCUT2D eigenvalue weighted by Crippen LogP contribution is 2.30. The summed E-state index contributed by atoms with van der Waals surface area (Å²) >= 11 is 0. The Labute approximate surface area is 118 Å². The molecule has 1 aromatic heterocycles. The number of hydrogen-bond acceptors (Lipinski definition) is 6. The standard InChI is InChI=1S/C11H20N4O4S/c1-6-11(4,9(16)17)7-15-8(12-13-14-15)10(2,3)20(5,18)19/h6-7H2,1-5H3,(H,16,17). The maximum Gasteiger partial charge on any atom is 0.311 e. The Kier molecular flexibility index (Phi) is 4.23. The minimum atomic E-state index is -3.44. The molecule has 1 rings (SSSR count). The molecule has 1 heterocycles. The van der Waals surface area contributed by atoms with Crippen molar-refractivity contribution in [2.24, 2.45) is 5.41 Å². The molecule has 20 heavy (non-hydrogen) atoms. The first kappa shape index (κ1) is 16.5. The molecule has 0 aliphatic carbocycles. The Morgan fingerprint density at radius 2 is 1.90 bits per heavy atom. The van der Waals surface area contributed by atoms with Gasteiger partial charge in [0.25, 0.3) is 0 Å². The van der Waals surface area contributed by atoms with Crippen LogP contribution in [0, 0.1) is 5.41 Å². The van der Waals surface area contributed by atoms with E-state index in [2.05, 4.69) is 15.5 Å². The van der Waals surface area contributed by atoms with Gasteiger partial charge in [0.15, 0.2) is 15.7 Å². The van der Waals surface area contributed by atoms with Gasteiger partial charge in [0, 0.05) is 6.26 Å². The van der Waals surface area contributed by atoms with Crippen molar-refractivity contribution < 1.29 is 18.3 Å². The summed E-state index contributed by atoms with van der Waals surface area (Å²) in [6.07, 6.45) is 1.48.